The molecule has 18 heavy (non-hydrogen) atoms. The smallest absolute Gasteiger partial charge is 0.469 e. The molecule has 0 amide bonds. The van der Waals surface area contributed by atoms with Gasteiger partial charge < -0.3 is 14.8 Å². The quantitative estimate of drug-likeness (QED) is 0.820. The van der Waals surface area contributed by atoms with Gasteiger partial charge in [0.15, 0.2) is 5.75 Å². The largest absolute Gasteiger partial charge is 0.491 e. The molecule has 1 aromatic rings. The van der Waals surface area contributed by atoms with E-state index in [1.165, 1.54) is 18.3 Å². The number of alkyl halides is 3. The third-order valence-corrected chi connectivity index (χ3v) is 2.19. The number of carbonyl (C=O) groups is 1. The summed E-state index contributed by atoms with van der Waals surface area (Å²) < 4.78 is 45.7. The van der Waals surface area contributed by atoms with Crippen molar-refractivity contribution in [3.63, 3.8) is 0 Å². The second kappa shape index (κ2) is 4.81. The molecule has 0 aromatic carbocycles. The topological polar surface area (TPSA) is 60.5 Å². The molecular formula is C10H9F3N2O3. The maximum absolute atomic E-state index is 12.1. The van der Waals surface area contributed by atoms with Crippen molar-refractivity contribution in [2.45, 2.75) is 12.3 Å². The summed E-state index contributed by atoms with van der Waals surface area (Å²) in [6.45, 7) is 1.15. The summed E-state index contributed by atoms with van der Waals surface area (Å²) in [5.74, 6) is -2.76. The summed E-state index contributed by atoms with van der Waals surface area (Å²) in [6.07, 6.45) is -3.89. The zero-order valence-electron chi connectivity index (χ0n) is 9.03. The maximum Gasteiger partial charge on any atom is 0.491 e. The number of hydrogen-bond donors (Lipinski definition) is 1. The van der Waals surface area contributed by atoms with Crippen molar-refractivity contribution >= 4 is 5.97 Å². The van der Waals surface area contributed by atoms with Crippen LogP contribution in [-0.4, -0.2) is 36.3 Å². The van der Waals surface area contributed by atoms with Gasteiger partial charge in [0.25, 0.3) is 5.88 Å². The Bertz CT molecular complexity index is 446. The number of hydrogen-bond acceptors (Lipinski definition) is 5. The minimum absolute atomic E-state index is 0.124. The van der Waals surface area contributed by atoms with E-state index in [-0.39, 0.29) is 17.7 Å². The van der Waals surface area contributed by atoms with E-state index in [2.05, 4.69) is 15.0 Å². The highest BCUT2D eigenvalue weighted by molar-refractivity contribution is 5.78. The number of carbonyl (C=O) groups excluding carboxylic acids is 1. The van der Waals surface area contributed by atoms with E-state index in [9.17, 15) is 18.0 Å². The lowest BCUT2D eigenvalue weighted by Crippen LogP contribution is -2.50. The molecular weight excluding hydrogens is 253 g/mol. The van der Waals surface area contributed by atoms with Crippen molar-refractivity contribution in [3.8, 4) is 11.6 Å². The van der Waals surface area contributed by atoms with Gasteiger partial charge in [0.1, 0.15) is 6.10 Å². The van der Waals surface area contributed by atoms with Crippen LogP contribution in [0.5, 0.6) is 11.6 Å². The van der Waals surface area contributed by atoms with E-state index in [0.717, 1.165) is 0 Å². The molecule has 98 valence electrons. The zero-order chi connectivity index (χ0) is 13.2. The van der Waals surface area contributed by atoms with Crippen LogP contribution in [0, 0.1) is 0 Å². The standard InChI is InChI=1S/C10H9F3N2O3/c11-10(12,13)9(16)18-7-2-1-3-15-8(7)17-6-4-14-5-6/h1-3,6,14H,4-5H2. The average molecular weight is 262 g/mol. The van der Waals surface area contributed by atoms with Gasteiger partial charge in [0, 0.05) is 19.3 Å². The third-order valence-electron chi connectivity index (χ3n) is 2.19. The molecule has 1 aromatic heterocycles. The summed E-state index contributed by atoms with van der Waals surface area (Å²) in [5.41, 5.74) is 0. The molecule has 1 saturated heterocycles. The van der Waals surface area contributed by atoms with Crippen LogP contribution >= 0.6 is 0 Å². The van der Waals surface area contributed by atoms with Crippen molar-refractivity contribution < 1.29 is 27.4 Å². The summed E-state index contributed by atoms with van der Waals surface area (Å²) in [5, 5.41) is 2.93. The highest BCUT2D eigenvalue weighted by atomic mass is 19.4. The average Bonchev–Trinajstić information content (AvgIpc) is 2.24. The van der Waals surface area contributed by atoms with Crippen LogP contribution in [0.3, 0.4) is 0 Å². The van der Waals surface area contributed by atoms with Gasteiger partial charge in [-0.15, -0.1) is 0 Å². The molecule has 0 spiro atoms. The van der Waals surface area contributed by atoms with Gasteiger partial charge in [-0.2, -0.15) is 13.2 Å². The number of nitrogens with one attached hydrogen (secondary N) is 1. The van der Waals surface area contributed by atoms with Gasteiger partial charge in [-0.25, -0.2) is 9.78 Å². The van der Waals surface area contributed by atoms with E-state index in [1.807, 2.05) is 0 Å². The Hall–Kier alpha value is -1.83. The van der Waals surface area contributed by atoms with Crippen LogP contribution in [0.1, 0.15) is 0 Å². The Labute approximate surface area is 99.9 Å². The molecule has 2 heterocycles. The molecule has 0 saturated carbocycles. The fourth-order valence-corrected chi connectivity index (χ4v) is 1.20. The molecule has 0 radical (unpaired) electrons. The maximum atomic E-state index is 12.1. The van der Waals surface area contributed by atoms with Crippen molar-refractivity contribution in [2.75, 3.05) is 13.1 Å². The van der Waals surface area contributed by atoms with Crippen molar-refractivity contribution in [2.24, 2.45) is 0 Å². The summed E-state index contributed by atoms with van der Waals surface area (Å²) in [6, 6.07) is 2.54. The Morgan fingerprint density at radius 2 is 2.17 bits per heavy atom. The molecule has 0 aliphatic carbocycles. The molecule has 8 heteroatoms. The first-order valence-electron chi connectivity index (χ1n) is 5.08. The first-order chi connectivity index (χ1) is 8.47. The predicted molar refractivity (Wildman–Crippen MR) is 53.2 cm³/mol. The van der Waals surface area contributed by atoms with Gasteiger partial charge in [-0.05, 0) is 12.1 Å². The van der Waals surface area contributed by atoms with E-state index >= 15 is 0 Å². The van der Waals surface area contributed by atoms with E-state index in [4.69, 9.17) is 4.74 Å². The first-order valence-corrected chi connectivity index (χ1v) is 5.08. The summed E-state index contributed by atoms with van der Waals surface area (Å²) >= 11 is 0. The predicted octanol–water partition coefficient (Wildman–Crippen LogP) is 0.900. The van der Waals surface area contributed by atoms with Crippen LogP contribution in [0.25, 0.3) is 0 Å². The second-order valence-electron chi connectivity index (χ2n) is 3.59. The van der Waals surface area contributed by atoms with E-state index in [0.29, 0.717) is 13.1 Å². The summed E-state index contributed by atoms with van der Waals surface area (Å²) in [4.78, 5) is 14.5. The van der Waals surface area contributed by atoms with Crippen LogP contribution in [0.2, 0.25) is 0 Å². The van der Waals surface area contributed by atoms with E-state index in [1.54, 1.807) is 0 Å². The van der Waals surface area contributed by atoms with Crippen molar-refractivity contribution in [1.82, 2.24) is 10.3 Å². The van der Waals surface area contributed by atoms with Crippen molar-refractivity contribution in [3.05, 3.63) is 18.3 Å². The minimum Gasteiger partial charge on any atom is -0.469 e. The minimum atomic E-state index is -5.05. The molecule has 2 rings (SSSR count). The SMILES string of the molecule is O=C(Oc1cccnc1OC1CNC1)C(F)(F)F. The van der Waals surface area contributed by atoms with Gasteiger partial charge in [0.2, 0.25) is 0 Å². The van der Waals surface area contributed by atoms with Gasteiger partial charge in [0.05, 0.1) is 0 Å². The molecule has 0 unspecified atom stereocenters. The third kappa shape index (κ3) is 2.89. The normalized spacial score (nSPS) is 15.9. The van der Waals surface area contributed by atoms with Crippen LogP contribution in [0.15, 0.2) is 18.3 Å². The fourth-order valence-electron chi connectivity index (χ4n) is 1.20. The number of rotatable bonds is 3. The fraction of sp³-hybridized carbons (Fsp3) is 0.400. The van der Waals surface area contributed by atoms with E-state index < -0.39 is 12.1 Å². The van der Waals surface area contributed by atoms with Crippen LogP contribution in [0.4, 0.5) is 13.2 Å². The Morgan fingerprint density at radius 1 is 1.44 bits per heavy atom. The highest BCUT2D eigenvalue weighted by Crippen LogP contribution is 2.27. The number of halogens is 3. The number of nitrogens with zero attached hydrogens (tertiary/aromatic N) is 1. The zero-order valence-corrected chi connectivity index (χ0v) is 9.03. The Kier molecular flexibility index (Phi) is 3.37. The molecule has 0 atom stereocenters. The Morgan fingerprint density at radius 3 is 2.72 bits per heavy atom. The molecule has 1 aliphatic heterocycles. The summed E-state index contributed by atoms with van der Waals surface area (Å²) in [7, 11) is 0. The molecule has 1 fully saturated rings. The number of aromatic nitrogens is 1. The molecule has 1 N–H and O–H groups in total. The number of esters is 1. The van der Waals surface area contributed by atoms with Gasteiger partial charge >= 0.3 is 12.1 Å². The Balaban J connectivity index is 2.09. The second-order valence-corrected chi connectivity index (χ2v) is 3.59. The first kappa shape index (κ1) is 12.6. The lowest BCUT2D eigenvalue weighted by molar-refractivity contribution is -0.189. The highest BCUT2D eigenvalue weighted by Gasteiger charge is 2.42. The number of ether oxygens (including phenoxy) is 2. The van der Waals surface area contributed by atoms with Gasteiger partial charge in [-0.1, -0.05) is 0 Å². The number of pyridine rings is 1. The lowest BCUT2D eigenvalue weighted by Gasteiger charge is -2.27. The van der Waals surface area contributed by atoms with Crippen LogP contribution in [-0.2, 0) is 4.79 Å². The lowest BCUT2D eigenvalue weighted by atomic mass is 10.2. The molecule has 5 nitrogen and oxygen atoms in total. The van der Waals surface area contributed by atoms with Crippen molar-refractivity contribution in [1.29, 1.82) is 0 Å². The van der Waals surface area contributed by atoms with Crippen LogP contribution < -0.4 is 14.8 Å². The monoisotopic (exact) mass is 262 g/mol. The van der Waals surface area contributed by atoms with Gasteiger partial charge in [-0.3, -0.25) is 0 Å². The molecule has 0 bridgehead atoms. The molecule has 1 aliphatic rings.